The van der Waals surface area contributed by atoms with E-state index >= 15 is 0 Å². The molecule has 0 bridgehead atoms. The molecule has 0 aliphatic heterocycles. The van der Waals surface area contributed by atoms with Crippen molar-refractivity contribution < 1.29 is 27.4 Å². The number of rotatable bonds is 4. The molecule has 17 heavy (non-hydrogen) atoms. The number of hydrogen-bond acceptors (Lipinski definition) is 3. The molecule has 0 saturated carbocycles. The first kappa shape index (κ1) is 13.5. The number of esters is 1. The van der Waals surface area contributed by atoms with Gasteiger partial charge in [0.1, 0.15) is 0 Å². The van der Waals surface area contributed by atoms with Gasteiger partial charge in [0.05, 0.1) is 11.1 Å². The molecule has 6 heteroatoms. The van der Waals surface area contributed by atoms with Crippen LogP contribution >= 0.6 is 0 Å². The zero-order valence-corrected chi connectivity index (χ0v) is 9.08. The monoisotopic (exact) mass is 248 g/mol. The average Bonchev–Trinajstić information content (AvgIpc) is 2.28. The lowest BCUT2D eigenvalue weighted by atomic mass is 10.1. The fourth-order valence-electron chi connectivity index (χ4n) is 1.08. The highest BCUT2D eigenvalue weighted by Gasteiger charge is 2.31. The molecule has 0 saturated heterocycles. The van der Waals surface area contributed by atoms with Crippen molar-refractivity contribution >= 4 is 5.97 Å². The molecule has 0 amide bonds. The summed E-state index contributed by atoms with van der Waals surface area (Å²) in [6.07, 6.45) is -4.48. The molecule has 0 radical (unpaired) electrons. The molecule has 0 spiro atoms. The Morgan fingerprint density at radius 3 is 2.65 bits per heavy atom. The number of alkyl halides is 3. The Kier molecular flexibility index (Phi) is 4.51. The lowest BCUT2D eigenvalue weighted by Crippen LogP contribution is -2.11. The number of ether oxygens (including phenoxy) is 2. The van der Waals surface area contributed by atoms with Crippen molar-refractivity contribution in [3.05, 3.63) is 35.4 Å². The summed E-state index contributed by atoms with van der Waals surface area (Å²) in [4.78, 5) is 11.3. The van der Waals surface area contributed by atoms with E-state index < -0.39 is 17.7 Å². The third-order valence-corrected chi connectivity index (χ3v) is 1.90. The largest absolute Gasteiger partial charge is 0.435 e. The summed E-state index contributed by atoms with van der Waals surface area (Å²) in [7, 11) is 0. The summed E-state index contributed by atoms with van der Waals surface area (Å²) >= 11 is 0. The van der Waals surface area contributed by atoms with Crippen molar-refractivity contribution in [2.24, 2.45) is 0 Å². The van der Waals surface area contributed by atoms with Crippen LogP contribution in [0.1, 0.15) is 22.8 Å². The highest BCUT2D eigenvalue weighted by Crippen LogP contribution is 2.29. The first-order valence-corrected chi connectivity index (χ1v) is 4.87. The quantitative estimate of drug-likeness (QED) is 0.467. The number of benzene rings is 1. The molecule has 3 nitrogen and oxygen atoms in total. The molecule has 0 heterocycles. The Hall–Kier alpha value is -1.56. The van der Waals surface area contributed by atoms with Crippen LogP contribution in [-0.4, -0.2) is 19.4 Å². The molecule has 0 aliphatic rings. The summed E-state index contributed by atoms with van der Waals surface area (Å²) in [5.74, 6) is -0.843. The van der Waals surface area contributed by atoms with E-state index in [9.17, 15) is 18.0 Å². The van der Waals surface area contributed by atoms with Crippen LogP contribution in [0.2, 0.25) is 0 Å². The van der Waals surface area contributed by atoms with Crippen molar-refractivity contribution in [2.45, 2.75) is 13.1 Å². The Morgan fingerprint density at radius 2 is 2.06 bits per heavy atom. The van der Waals surface area contributed by atoms with E-state index in [0.717, 1.165) is 18.2 Å². The number of hydrogen-bond donors (Lipinski definition) is 0. The Balaban J connectivity index is 2.74. The maximum atomic E-state index is 12.4. The van der Waals surface area contributed by atoms with Crippen LogP contribution in [0.5, 0.6) is 0 Å². The number of carbonyl (C=O) groups is 1. The van der Waals surface area contributed by atoms with Gasteiger partial charge < -0.3 is 9.47 Å². The van der Waals surface area contributed by atoms with E-state index in [1.807, 2.05) is 0 Å². The van der Waals surface area contributed by atoms with Gasteiger partial charge in [0.25, 0.3) is 0 Å². The molecule has 1 aromatic rings. The minimum Gasteiger partial charge on any atom is -0.435 e. The highest BCUT2D eigenvalue weighted by atomic mass is 19.4. The molecule has 0 N–H and O–H groups in total. The first-order chi connectivity index (χ1) is 7.95. The van der Waals surface area contributed by atoms with Crippen LogP contribution in [-0.2, 0) is 15.7 Å². The predicted octanol–water partition coefficient (Wildman–Crippen LogP) is 2.86. The molecule has 0 aliphatic carbocycles. The summed E-state index contributed by atoms with van der Waals surface area (Å²) in [5, 5.41) is 0. The van der Waals surface area contributed by atoms with Crippen LogP contribution in [0.4, 0.5) is 13.2 Å². The molecule has 0 aromatic heterocycles. The maximum Gasteiger partial charge on any atom is 0.416 e. The number of carbonyl (C=O) groups excluding carboxylic acids is 1. The van der Waals surface area contributed by atoms with E-state index in [2.05, 4.69) is 4.74 Å². The molecule has 0 unspecified atom stereocenters. The van der Waals surface area contributed by atoms with E-state index in [1.165, 1.54) is 6.07 Å². The van der Waals surface area contributed by atoms with E-state index in [1.54, 1.807) is 6.92 Å². The van der Waals surface area contributed by atoms with Gasteiger partial charge in [-0.05, 0) is 25.1 Å². The predicted molar refractivity (Wildman–Crippen MR) is 53.4 cm³/mol. The van der Waals surface area contributed by atoms with E-state index in [0.29, 0.717) is 6.61 Å². The van der Waals surface area contributed by atoms with Crippen molar-refractivity contribution in [1.82, 2.24) is 0 Å². The Bertz CT molecular complexity index is 388. The van der Waals surface area contributed by atoms with Crippen LogP contribution in [0.15, 0.2) is 24.3 Å². The van der Waals surface area contributed by atoms with Crippen LogP contribution in [0.25, 0.3) is 0 Å². The summed E-state index contributed by atoms with van der Waals surface area (Å²) in [6.45, 7) is 1.79. The fourth-order valence-corrected chi connectivity index (χ4v) is 1.08. The van der Waals surface area contributed by atoms with Crippen molar-refractivity contribution in [3.63, 3.8) is 0 Å². The van der Waals surface area contributed by atoms with Crippen molar-refractivity contribution in [2.75, 3.05) is 13.4 Å². The van der Waals surface area contributed by atoms with Gasteiger partial charge in [-0.2, -0.15) is 13.2 Å². The molecule has 1 rings (SSSR count). The molecule has 0 fully saturated rings. The standard InChI is InChI=1S/C11H11F3O3/c1-2-16-7-17-10(15)8-4-3-5-9(6-8)11(12,13)14/h3-6H,2,7H2,1H3. The van der Waals surface area contributed by atoms with Gasteiger partial charge in [-0.3, -0.25) is 0 Å². The maximum absolute atomic E-state index is 12.4. The van der Waals surface area contributed by atoms with Gasteiger partial charge in [-0.1, -0.05) is 6.07 Å². The summed E-state index contributed by atoms with van der Waals surface area (Å²) in [5.41, 5.74) is -1.04. The molecular formula is C11H11F3O3. The van der Waals surface area contributed by atoms with E-state index in [4.69, 9.17) is 4.74 Å². The van der Waals surface area contributed by atoms with Crippen molar-refractivity contribution in [3.8, 4) is 0 Å². The van der Waals surface area contributed by atoms with Gasteiger partial charge >= 0.3 is 12.1 Å². The second-order valence-electron chi connectivity index (χ2n) is 3.12. The Labute approximate surface area is 96.1 Å². The SMILES string of the molecule is CCOCOC(=O)c1cccc(C(F)(F)F)c1. The van der Waals surface area contributed by atoms with Gasteiger partial charge in [0.2, 0.25) is 0 Å². The first-order valence-electron chi connectivity index (χ1n) is 4.87. The van der Waals surface area contributed by atoms with Crippen LogP contribution < -0.4 is 0 Å². The Morgan fingerprint density at radius 1 is 1.35 bits per heavy atom. The third-order valence-electron chi connectivity index (χ3n) is 1.90. The fraction of sp³-hybridized carbons (Fsp3) is 0.364. The zero-order valence-electron chi connectivity index (χ0n) is 9.08. The molecule has 0 atom stereocenters. The minimum absolute atomic E-state index is 0.153. The zero-order chi connectivity index (χ0) is 12.9. The van der Waals surface area contributed by atoms with Crippen molar-refractivity contribution in [1.29, 1.82) is 0 Å². The topological polar surface area (TPSA) is 35.5 Å². The van der Waals surface area contributed by atoms with Gasteiger partial charge in [0.15, 0.2) is 6.79 Å². The van der Waals surface area contributed by atoms with Crippen LogP contribution in [0.3, 0.4) is 0 Å². The second-order valence-corrected chi connectivity index (χ2v) is 3.12. The third kappa shape index (κ3) is 4.07. The van der Waals surface area contributed by atoms with Gasteiger partial charge in [-0.25, -0.2) is 4.79 Å². The summed E-state index contributed by atoms with van der Waals surface area (Å²) < 4.78 is 46.4. The molecule has 1 aromatic carbocycles. The van der Waals surface area contributed by atoms with Gasteiger partial charge in [-0.15, -0.1) is 0 Å². The van der Waals surface area contributed by atoms with Gasteiger partial charge in [0, 0.05) is 6.61 Å². The molecule has 94 valence electrons. The normalized spacial score (nSPS) is 11.3. The summed E-state index contributed by atoms with van der Waals surface area (Å²) in [6, 6.07) is 4.04. The minimum atomic E-state index is -4.48. The van der Waals surface area contributed by atoms with Crippen LogP contribution in [0, 0.1) is 0 Å². The lowest BCUT2D eigenvalue weighted by molar-refractivity contribution is -0.137. The second kappa shape index (κ2) is 5.67. The number of halogens is 3. The van der Waals surface area contributed by atoms with E-state index in [-0.39, 0.29) is 12.4 Å². The molecular weight excluding hydrogens is 237 g/mol. The lowest BCUT2D eigenvalue weighted by Gasteiger charge is -2.08. The smallest absolute Gasteiger partial charge is 0.416 e. The average molecular weight is 248 g/mol. The highest BCUT2D eigenvalue weighted by molar-refractivity contribution is 5.89.